The second-order valence-electron chi connectivity index (χ2n) is 4.61. The van der Waals surface area contributed by atoms with Crippen molar-refractivity contribution in [3.05, 3.63) is 51.0 Å². The topological polar surface area (TPSA) is 29.9 Å². The molecule has 0 aliphatic heterocycles. The number of aromatic nitrogens is 2. The molecule has 1 heterocycles. The smallest absolute Gasteiger partial charge is 0.123 e. The lowest BCUT2D eigenvalue weighted by molar-refractivity contribution is 0.619. The molecular formula is C14H17BrFN3. The minimum Gasteiger partial charge on any atom is -0.308 e. The van der Waals surface area contributed by atoms with Crippen LogP contribution in [-0.4, -0.2) is 9.78 Å². The molecular weight excluding hydrogens is 309 g/mol. The van der Waals surface area contributed by atoms with Gasteiger partial charge in [0.1, 0.15) is 5.82 Å². The van der Waals surface area contributed by atoms with Gasteiger partial charge < -0.3 is 5.32 Å². The van der Waals surface area contributed by atoms with Crippen LogP contribution in [-0.2, 0) is 20.1 Å². The molecule has 0 saturated heterocycles. The van der Waals surface area contributed by atoms with Crippen LogP contribution in [0.1, 0.15) is 22.5 Å². The number of hydrogen-bond acceptors (Lipinski definition) is 2. The third-order valence-electron chi connectivity index (χ3n) is 3.28. The Hall–Kier alpha value is -1.20. The maximum Gasteiger partial charge on any atom is 0.123 e. The number of nitrogens with zero attached hydrogens (tertiary/aromatic N) is 2. The van der Waals surface area contributed by atoms with Crippen LogP contribution in [0, 0.1) is 19.7 Å². The molecule has 1 aromatic carbocycles. The highest BCUT2D eigenvalue weighted by molar-refractivity contribution is 9.10. The molecule has 0 amide bonds. The van der Waals surface area contributed by atoms with Gasteiger partial charge in [0.25, 0.3) is 0 Å². The fourth-order valence-corrected chi connectivity index (χ4v) is 2.46. The van der Waals surface area contributed by atoms with E-state index in [2.05, 4.69) is 33.3 Å². The van der Waals surface area contributed by atoms with Crippen molar-refractivity contribution in [2.24, 2.45) is 7.05 Å². The van der Waals surface area contributed by atoms with E-state index in [1.54, 1.807) is 12.1 Å². The van der Waals surface area contributed by atoms with E-state index in [1.807, 2.05) is 18.7 Å². The second kappa shape index (κ2) is 5.84. The lowest BCUT2D eigenvalue weighted by Crippen LogP contribution is -2.14. The van der Waals surface area contributed by atoms with E-state index < -0.39 is 0 Å². The fraction of sp³-hybridized carbons (Fsp3) is 0.357. The second-order valence-corrected chi connectivity index (χ2v) is 5.47. The zero-order chi connectivity index (χ0) is 14.0. The van der Waals surface area contributed by atoms with Crippen LogP contribution in [0.25, 0.3) is 0 Å². The standard InChI is InChI=1S/C14H17BrFN3/c1-9-13(10(2)19(3)18-9)8-17-7-11-6-12(16)4-5-14(11)15/h4-6,17H,7-8H2,1-3H3. The molecule has 0 aliphatic carbocycles. The molecule has 19 heavy (non-hydrogen) atoms. The van der Waals surface area contributed by atoms with Crippen molar-refractivity contribution in [3.63, 3.8) is 0 Å². The van der Waals surface area contributed by atoms with Gasteiger partial charge in [-0.15, -0.1) is 0 Å². The Morgan fingerprint density at radius 2 is 2.05 bits per heavy atom. The largest absolute Gasteiger partial charge is 0.308 e. The Morgan fingerprint density at radius 3 is 2.68 bits per heavy atom. The van der Waals surface area contributed by atoms with E-state index >= 15 is 0 Å². The van der Waals surface area contributed by atoms with Crippen molar-refractivity contribution < 1.29 is 4.39 Å². The van der Waals surface area contributed by atoms with Crippen molar-refractivity contribution in [2.75, 3.05) is 0 Å². The van der Waals surface area contributed by atoms with Gasteiger partial charge in [0.2, 0.25) is 0 Å². The molecule has 0 radical (unpaired) electrons. The molecule has 5 heteroatoms. The molecule has 3 nitrogen and oxygen atoms in total. The van der Waals surface area contributed by atoms with E-state index in [4.69, 9.17) is 0 Å². The maximum absolute atomic E-state index is 13.2. The molecule has 0 saturated carbocycles. The summed E-state index contributed by atoms with van der Waals surface area (Å²) in [6.45, 7) is 5.40. The summed E-state index contributed by atoms with van der Waals surface area (Å²) in [6.07, 6.45) is 0. The summed E-state index contributed by atoms with van der Waals surface area (Å²) in [6, 6.07) is 4.72. The average molecular weight is 326 g/mol. The van der Waals surface area contributed by atoms with Gasteiger partial charge in [0.15, 0.2) is 0 Å². The summed E-state index contributed by atoms with van der Waals surface area (Å²) in [5.74, 6) is -0.214. The summed E-state index contributed by atoms with van der Waals surface area (Å²) in [7, 11) is 1.94. The molecule has 2 rings (SSSR count). The van der Waals surface area contributed by atoms with E-state index in [-0.39, 0.29) is 5.82 Å². The Morgan fingerprint density at radius 1 is 1.32 bits per heavy atom. The van der Waals surface area contributed by atoms with E-state index in [0.29, 0.717) is 6.54 Å². The highest BCUT2D eigenvalue weighted by Gasteiger charge is 2.09. The zero-order valence-corrected chi connectivity index (χ0v) is 12.9. The van der Waals surface area contributed by atoms with Crippen molar-refractivity contribution in [1.29, 1.82) is 0 Å². The molecule has 0 aliphatic rings. The highest BCUT2D eigenvalue weighted by Crippen LogP contribution is 2.18. The predicted octanol–water partition coefficient (Wildman–Crippen LogP) is 3.23. The number of nitrogens with one attached hydrogen (secondary N) is 1. The summed E-state index contributed by atoms with van der Waals surface area (Å²) in [4.78, 5) is 0. The maximum atomic E-state index is 13.2. The number of hydrogen-bond donors (Lipinski definition) is 1. The third kappa shape index (κ3) is 3.22. The number of rotatable bonds is 4. The molecule has 1 N–H and O–H groups in total. The lowest BCUT2D eigenvalue weighted by Gasteiger charge is -2.07. The number of halogens is 2. The van der Waals surface area contributed by atoms with Gasteiger partial charge in [-0.25, -0.2) is 4.39 Å². The van der Waals surface area contributed by atoms with Gasteiger partial charge in [-0.1, -0.05) is 15.9 Å². The van der Waals surface area contributed by atoms with Gasteiger partial charge in [0.05, 0.1) is 5.69 Å². The van der Waals surface area contributed by atoms with Gasteiger partial charge in [0, 0.05) is 35.9 Å². The molecule has 2 aromatic rings. The highest BCUT2D eigenvalue weighted by atomic mass is 79.9. The lowest BCUT2D eigenvalue weighted by atomic mass is 10.2. The first-order chi connectivity index (χ1) is 8.99. The molecule has 0 spiro atoms. The molecule has 0 atom stereocenters. The van der Waals surface area contributed by atoms with Gasteiger partial charge in [-0.05, 0) is 37.6 Å². The molecule has 0 unspecified atom stereocenters. The van der Waals surface area contributed by atoms with Crippen molar-refractivity contribution in [2.45, 2.75) is 26.9 Å². The monoisotopic (exact) mass is 325 g/mol. The molecule has 0 fully saturated rings. The fourth-order valence-electron chi connectivity index (χ4n) is 2.07. The van der Waals surface area contributed by atoms with Crippen LogP contribution in [0.15, 0.2) is 22.7 Å². The first-order valence-electron chi connectivity index (χ1n) is 6.12. The summed E-state index contributed by atoms with van der Waals surface area (Å²) < 4.78 is 16.0. The third-order valence-corrected chi connectivity index (χ3v) is 4.06. The van der Waals surface area contributed by atoms with Crippen LogP contribution >= 0.6 is 15.9 Å². The Labute approximate surface area is 121 Å². The summed E-state index contributed by atoms with van der Waals surface area (Å²) >= 11 is 3.43. The zero-order valence-electron chi connectivity index (χ0n) is 11.3. The van der Waals surface area contributed by atoms with Crippen LogP contribution in [0.3, 0.4) is 0 Å². The first-order valence-corrected chi connectivity index (χ1v) is 6.92. The van der Waals surface area contributed by atoms with Crippen LogP contribution in [0.2, 0.25) is 0 Å². The van der Waals surface area contributed by atoms with E-state index in [0.717, 1.165) is 28.0 Å². The minimum absolute atomic E-state index is 0.214. The van der Waals surface area contributed by atoms with Crippen molar-refractivity contribution in [1.82, 2.24) is 15.1 Å². The molecule has 0 bridgehead atoms. The van der Waals surface area contributed by atoms with Crippen LogP contribution in [0.5, 0.6) is 0 Å². The summed E-state index contributed by atoms with van der Waals surface area (Å²) in [5, 5.41) is 7.71. The van der Waals surface area contributed by atoms with E-state index in [1.165, 1.54) is 11.6 Å². The summed E-state index contributed by atoms with van der Waals surface area (Å²) in [5.41, 5.74) is 4.31. The van der Waals surface area contributed by atoms with Gasteiger partial charge in [-0.2, -0.15) is 5.10 Å². The number of benzene rings is 1. The Balaban J connectivity index is 2.02. The number of aryl methyl sites for hydroxylation is 2. The SMILES string of the molecule is Cc1nn(C)c(C)c1CNCc1cc(F)ccc1Br. The predicted molar refractivity (Wildman–Crippen MR) is 77.3 cm³/mol. The average Bonchev–Trinajstić information content (AvgIpc) is 2.60. The van der Waals surface area contributed by atoms with Crippen molar-refractivity contribution in [3.8, 4) is 0 Å². The van der Waals surface area contributed by atoms with Gasteiger partial charge in [-0.3, -0.25) is 4.68 Å². The van der Waals surface area contributed by atoms with Crippen LogP contribution in [0.4, 0.5) is 4.39 Å². The van der Waals surface area contributed by atoms with Crippen LogP contribution < -0.4 is 5.32 Å². The van der Waals surface area contributed by atoms with Gasteiger partial charge >= 0.3 is 0 Å². The minimum atomic E-state index is -0.214. The first kappa shape index (κ1) is 14.2. The quantitative estimate of drug-likeness (QED) is 0.935. The Bertz CT molecular complexity index is 593. The van der Waals surface area contributed by atoms with Crippen molar-refractivity contribution >= 4 is 15.9 Å². The molecule has 1 aromatic heterocycles. The van der Waals surface area contributed by atoms with E-state index in [9.17, 15) is 4.39 Å². The normalized spacial score (nSPS) is 11.0. The molecule has 102 valence electrons. The Kier molecular flexibility index (Phi) is 4.37.